The highest BCUT2D eigenvalue weighted by Crippen LogP contribution is 2.13. The van der Waals surface area contributed by atoms with E-state index in [1.807, 2.05) is 60.7 Å². The van der Waals surface area contributed by atoms with E-state index in [9.17, 15) is 0 Å². The van der Waals surface area contributed by atoms with Gasteiger partial charge >= 0.3 is 0 Å². The van der Waals surface area contributed by atoms with E-state index < -0.39 is 0 Å². The number of likely N-dealkylation sites (tertiary alicyclic amines) is 2. The second-order valence-electron chi connectivity index (χ2n) is 8.12. The largest absolute Gasteiger partial charge is 0.362 e. The van der Waals surface area contributed by atoms with Crippen LogP contribution in [0.3, 0.4) is 0 Å². The van der Waals surface area contributed by atoms with Gasteiger partial charge in [-0.05, 0) is 49.9 Å². The highest BCUT2D eigenvalue weighted by Gasteiger charge is 2.12. The summed E-state index contributed by atoms with van der Waals surface area (Å²) in [4.78, 5) is 4.47. The Morgan fingerprint density at radius 1 is 0.581 bits per heavy atom. The Bertz CT molecular complexity index is 818. The van der Waals surface area contributed by atoms with E-state index in [-0.39, 0.29) is 0 Å². The molecular weight excluding hydrogens is 384 g/mol. The maximum atomic E-state index is 4.49. The molecular formula is C25H36N6. The summed E-state index contributed by atoms with van der Waals surface area (Å²) in [6.45, 7) is 2.24. The third kappa shape index (κ3) is 7.96. The molecule has 0 spiro atoms. The predicted molar refractivity (Wildman–Crippen MR) is 133 cm³/mol. The molecule has 166 valence electrons. The van der Waals surface area contributed by atoms with Crippen molar-refractivity contribution in [2.45, 2.75) is 44.9 Å². The average Bonchev–Trinajstić information content (AvgIpc) is 3.03. The van der Waals surface area contributed by atoms with Gasteiger partial charge in [0.05, 0.1) is 11.4 Å². The third-order valence-corrected chi connectivity index (χ3v) is 5.59. The molecule has 4 rings (SSSR count). The summed E-state index contributed by atoms with van der Waals surface area (Å²) in [6.07, 6.45) is 8.53. The minimum Gasteiger partial charge on any atom is -0.362 e. The van der Waals surface area contributed by atoms with Crippen LogP contribution in [0, 0.1) is 0 Å². The smallest absolute Gasteiger partial charge is 0.124 e. The number of piperidine rings is 1. The van der Waals surface area contributed by atoms with E-state index in [2.05, 4.69) is 44.9 Å². The quantitative estimate of drug-likeness (QED) is 0.646. The van der Waals surface area contributed by atoms with E-state index in [4.69, 9.17) is 0 Å². The van der Waals surface area contributed by atoms with Crippen LogP contribution in [0.2, 0.25) is 0 Å². The molecule has 6 heteroatoms. The lowest BCUT2D eigenvalue weighted by Gasteiger charge is -2.25. The summed E-state index contributed by atoms with van der Waals surface area (Å²) in [5.74, 6) is 2.33. The van der Waals surface area contributed by atoms with Crippen molar-refractivity contribution < 1.29 is 0 Å². The average molecular weight is 421 g/mol. The van der Waals surface area contributed by atoms with Crippen molar-refractivity contribution in [3.05, 3.63) is 60.7 Å². The van der Waals surface area contributed by atoms with Crippen molar-refractivity contribution in [1.29, 1.82) is 0 Å². The monoisotopic (exact) mass is 420 g/mol. The van der Waals surface area contributed by atoms with Crippen LogP contribution in [-0.4, -0.2) is 48.7 Å². The van der Waals surface area contributed by atoms with Gasteiger partial charge in [-0.3, -0.25) is 10.9 Å². The SMILES string of the molecule is CN1CCCCC1=NNc1ccccc1.CN1CCCCCC1=NNc1ccccc1. The fourth-order valence-electron chi connectivity index (χ4n) is 3.65. The van der Waals surface area contributed by atoms with Gasteiger partial charge in [0.2, 0.25) is 0 Å². The molecule has 0 bridgehead atoms. The lowest BCUT2D eigenvalue weighted by Crippen LogP contribution is -2.32. The molecule has 31 heavy (non-hydrogen) atoms. The van der Waals surface area contributed by atoms with Gasteiger partial charge in [0.25, 0.3) is 0 Å². The summed E-state index contributed by atoms with van der Waals surface area (Å²) in [6, 6.07) is 20.2. The van der Waals surface area contributed by atoms with E-state index in [0.717, 1.165) is 43.1 Å². The van der Waals surface area contributed by atoms with Gasteiger partial charge in [-0.25, -0.2) is 0 Å². The molecule has 2 heterocycles. The second kappa shape index (κ2) is 12.6. The molecule has 2 fully saturated rings. The molecule has 6 nitrogen and oxygen atoms in total. The van der Waals surface area contributed by atoms with Crippen LogP contribution in [0.4, 0.5) is 11.4 Å². The van der Waals surface area contributed by atoms with Crippen molar-refractivity contribution in [2.75, 3.05) is 38.0 Å². The van der Waals surface area contributed by atoms with Gasteiger partial charge in [-0.1, -0.05) is 42.8 Å². The van der Waals surface area contributed by atoms with E-state index in [0.29, 0.717) is 0 Å². The number of amidine groups is 2. The van der Waals surface area contributed by atoms with Crippen molar-refractivity contribution in [3.8, 4) is 0 Å². The van der Waals surface area contributed by atoms with E-state index >= 15 is 0 Å². The molecule has 0 aromatic heterocycles. The summed E-state index contributed by atoms with van der Waals surface area (Å²) < 4.78 is 0. The molecule has 0 atom stereocenters. The minimum atomic E-state index is 1.05. The number of nitrogens with one attached hydrogen (secondary N) is 2. The molecule has 0 amide bonds. The van der Waals surface area contributed by atoms with Crippen LogP contribution in [0.25, 0.3) is 0 Å². The normalized spacial score (nSPS) is 19.4. The fourth-order valence-corrected chi connectivity index (χ4v) is 3.65. The summed E-state index contributed by atoms with van der Waals surface area (Å²) in [5.41, 5.74) is 8.30. The first-order chi connectivity index (χ1) is 15.2. The number of anilines is 2. The Morgan fingerprint density at radius 3 is 1.48 bits per heavy atom. The fraction of sp³-hybridized carbons (Fsp3) is 0.440. The molecule has 2 aliphatic rings. The zero-order chi connectivity index (χ0) is 21.7. The summed E-state index contributed by atoms with van der Waals surface area (Å²) >= 11 is 0. The summed E-state index contributed by atoms with van der Waals surface area (Å²) in [7, 11) is 4.22. The standard InChI is InChI=1S/C13H19N3.C12H17N3/c1-16-11-7-3-6-10-13(16)15-14-12-8-4-2-5-9-12;1-15-10-6-5-9-12(15)14-13-11-7-3-2-4-8-11/h2,4-5,8-9,14H,3,6-7,10-11H2,1H3;2-4,7-8,13H,5-6,9-10H2,1H3. The molecule has 0 saturated carbocycles. The Labute approximate surface area is 187 Å². The predicted octanol–water partition coefficient (Wildman–Crippen LogP) is 5.45. The lowest BCUT2D eigenvalue weighted by molar-refractivity contribution is 0.433. The van der Waals surface area contributed by atoms with Crippen molar-refractivity contribution in [3.63, 3.8) is 0 Å². The van der Waals surface area contributed by atoms with Crippen molar-refractivity contribution in [1.82, 2.24) is 9.80 Å². The number of hydrazone groups is 2. The maximum Gasteiger partial charge on any atom is 0.124 e. The first-order valence-corrected chi connectivity index (χ1v) is 11.4. The minimum absolute atomic E-state index is 1.05. The molecule has 0 aliphatic carbocycles. The molecule has 2 N–H and O–H groups in total. The van der Waals surface area contributed by atoms with Crippen molar-refractivity contribution >= 4 is 23.0 Å². The maximum absolute atomic E-state index is 4.49. The van der Waals surface area contributed by atoms with Crippen LogP contribution in [0.15, 0.2) is 70.9 Å². The molecule has 2 saturated heterocycles. The lowest BCUT2D eigenvalue weighted by atomic mass is 10.1. The van der Waals surface area contributed by atoms with E-state index in [1.54, 1.807) is 0 Å². The first-order valence-electron chi connectivity index (χ1n) is 11.4. The highest BCUT2D eigenvalue weighted by atomic mass is 15.4. The van der Waals surface area contributed by atoms with Gasteiger partial charge in [0, 0.05) is 40.0 Å². The van der Waals surface area contributed by atoms with Crippen LogP contribution in [0.5, 0.6) is 0 Å². The summed E-state index contributed by atoms with van der Waals surface area (Å²) in [5, 5.41) is 8.91. The second-order valence-corrected chi connectivity index (χ2v) is 8.12. The van der Waals surface area contributed by atoms with Gasteiger partial charge in [0.15, 0.2) is 0 Å². The topological polar surface area (TPSA) is 55.3 Å². The van der Waals surface area contributed by atoms with Crippen molar-refractivity contribution in [2.24, 2.45) is 10.2 Å². The third-order valence-electron chi connectivity index (χ3n) is 5.59. The molecule has 2 aliphatic heterocycles. The van der Waals surface area contributed by atoms with Gasteiger partial charge in [0.1, 0.15) is 11.7 Å². The van der Waals surface area contributed by atoms with Crippen LogP contribution in [0.1, 0.15) is 44.9 Å². The Kier molecular flexibility index (Phi) is 9.23. The van der Waals surface area contributed by atoms with Crippen LogP contribution >= 0.6 is 0 Å². The van der Waals surface area contributed by atoms with E-state index in [1.165, 1.54) is 37.9 Å². The molecule has 0 unspecified atom stereocenters. The number of nitrogens with zero attached hydrogens (tertiary/aromatic N) is 4. The number of hydrogen-bond donors (Lipinski definition) is 2. The van der Waals surface area contributed by atoms with Gasteiger partial charge < -0.3 is 9.80 Å². The van der Waals surface area contributed by atoms with Crippen LogP contribution < -0.4 is 10.9 Å². The van der Waals surface area contributed by atoms with Gasteiger partial charge in [-0.2, -0.15) is 10.2 Å². The molecule has 0 radical (unpaired) electrons. The molecule has 2 aromatic carbocycles. The number of para-hydroxylation sites is 2. The Morgan fingerprint density at radius 2 is 1.00 bits per heavy atom. The zero-order valence-electron chi connectivity index (χ0n) is 18.9. The van der Waals surface area contributed by atoms with Crippen LogP contribution in [-0.2, 0) is 0 Å². The molecule has 2 aromatic rings. The number of benzene rings is 2. The number of hydrogen-bond acceptors (Lipinski definition) is 4. The van der Waals surface area contributed by atoms with Gasteiger partial charge in [-0.15, -0.1) is 0 Å². The first kappa shape index (κ1) is 22.7. The Hall–Kier alpha value is -3.02. The number of rotatable bonds is 4. The Balaban J connectivity index is 0.000000176. The zero-order valence-corrected chi connectivity index (χ0v) is 18.9. The highest BCUT2D eigenvalue weighted by molar-refractivity contribution is 5.83.